The number of aliphatic hydroxyl groups excluding tert-OH is 2. The first-order chi connectivity index (χ1) is 15.9. The van der Waals surface area contributed by atoms with Crippen molar-refractivity contribution in [2.24, 2.45) is 5.73 Å². The molecule has 0 spiro atoms. The molecule has 33 heavy (non-hydrogen) atoms. The summed E-state index contributed by atoms with van der Waals surface area (Å²) < 4.78 is 1.32. The van der Waals surface area contributed by atoms with E-state index in [4.69, 9.17) is 16.6 Å². The van der Waals surface area contributed by atoms with Crippen molar-refractivity contribution in [3.8, 4) is 16.9 Å². The van der Waals surface area contributed by atoms with E-state index in [0.717, 1.165) is 17.5 Å². The number of thioether (sulfide) groups is 1. The number of benzene rings is 2. The van der Waals surface area contributed by atoms with Gasteiger partial charge in [-0.25, -0.2) is 9.78 Å². The fourth-order valence-corrected chi connectivity index (χ4v) is 5.18. The number of aromatic hydroxyl groups is 1. The van der Waals surface area contributed by atoms with E-state index in [1.807, 2.05) is 12.1 Å². The average molecular weight is 470 g/mol. The van der Waals surface area contributed by atoms with E-state index in [2.05, 4.69) is 34.2 Å². The van der Waals surface area contributed by atoms with E-state index in [-0.39, 0.29) is 23.2 Å². The number of phenols is 1. The fourth-order valence-electron chi connectivity index (χ4n) is 3.81. The highest BCUT2D eigenvalue weighted by Crippen LogP contribution is 2.40. The molecule has 5 unspecified atom stereocenters. The number of nitrogens with zero attached hydrogens (tertiary/aromatic N) is 3. The van der Waals surface area contributed by atoms with Gasteiger partial charge in [0, 0.05) is 18.4 Å². The predicted octanol–water partition coefficient (Wildman–Crippen LogP) is 1.45. The van der Waals surface area contributed by atoms with E-state index < -0.39 is 11.8 Å². The average Bonchev–Trinajstić information content (AvgIpc) is 3.42. The Balaban J connectivity index is 0.000000157. The summed E-state index contributed by atoms with van der Waals surface area (Å²) in [6, 6.07) is 16.1. The van der Waals surface area contributed by atoms with Gasteiger partial charge >= 0.3 is 5.69 Å². The fraction of sp³-hybridized carbons (Fsp3) is 0.348. The molecule has 1 aromatic heterocycles. The number of hydrogen-bond donors (Lipinski definition) is 5. The normalized spacial score (nSPS) is 25.8. The summed E-state index contributed by atoms with van der Waals surface area (Å²) in [6.45, 7) is -0.118. The van der Waals surface area contributed by atoms with Crippen LogP contribution in [0, 0.1) is 0 Å². The number of phenolic OH excluding ortho intramolecular Hbond substituents is 1. The van der Waals surface area contributed by atoms with Crippen molar-refractivity contribution in [1.29, 1.82) is 0 Å². The number of aliphatic hydroxyl groups is 2. The highest BCUT2D eigenvalue weighted by Gasteiger charge is 2.35. The van der Waals surface area contributed by atoms with Crippen LogP contribution in [0.1, 0.15) is 29.7 Å². The topological polar surface area (TPSA) is 161 Å². The molecule has 3 aromatic rings. The maximum Gasteiger partial charge on any atom is 0.353 e. The molecule has 174 valence electrons. The molecule has 2 aromatic carbocycles. The third-order valence-electron chi connectivity index (χ3n) is 5.80. The SMILES string of the molecule is NC1CC1c1ccc(-c2cccc(O)c2)cc1.Nc1ncn(C2CC(O)C(CO)S2)c(=O)n1. The summed E-state index contributed by atoms with van der Waals surface area (Å²) >= 11 is 1.33. The van der Waals surface area contributed by atoms with Crippen LogP contribution in [0.3, 0.4) is 0 Å². The van der Waals surface area contributed by atoms with Crippen molar-refractivity contribution in [3.63, 3.8) is 0 Å². The van der Waals surface area contributed by atoms with Crippen LogP contribution in [0.2, 0.25) is 0 Å². The van der Waals surface area contributed by atoms with Crippen molar-refractivity contribution in [1.82, 2.24) is 14.5 Å². The number of nitrogen functional groups attached to an aromatic ring is 1. The van der Waals surface area contributed by atoms with Gasteiger partial charge in [0.1, 0.15) is 12.1 Å². The maximum atomic E-state index is 11.5. The Morgan fingerprint density at radius 3 is 2.42 bits per heavy atom. The third-order valence-corrected chi connectivity index (χ3v) is 7.34. The van der Waals surface area contributed by atoms with E-state index in [1.54, 1.807) is 12.1 Å². The Labute approximate surface area is 195 Å². The molecule has 10 heteroatoms. The van der Waals surface area contributed by atoms with Gasteiger partial charge in [-0.2, -0.15) is 4.98 Å². The molecular weight excluding hydrogens is 442 g/mol. The lowest BCUT2D eigenvalue weighted by Gasteiger charge is -2.11. The molecule has 5 rings (SSSR count). The lowest BCUT2D eigenvalue weighted by Crippen LogP contribution is -2.26. The van der Waals surface area contributed by atoms with E-state index in [9.17, 15) is 15.0 Å². The molecule has 1 aliphatic heterocycles. The first-order valence-corrected chi connectivity index (χ1v) is 11.6. The van der Waals surface area contributed by atoms with Crippen molar-refractivity contribution in [2.75, 3.05) is 12.3 Å². The van der Waals surface area contributed by atoms with Crippen LogP contribution < -0.4 is 17.2 Å². The Morgan fingerprint density at radius 1 is 1.12 bits per heavy atom. The van der Waals surface area contributed by atoms with Gasteiger partial charge in [-0.3, -0.25) is 4.57 Å². The van der Waals surface area contributed by atoms with Crippen molar-refractivity contribution in [3.05, 3.63) is 70.9 Å². The highest BCUT2D eigenvalue weighted by molar-refractivity contribution is 8.00. The largest absolute Gasteiger partial charge is 0.508 e. The number of nitrogens with two attached hydrogens (primary N) is 2. The smallest absolute Gasteiger partial charge is 0.353 e. The number of anilines is 1. The molecule has 2 heterocycles. The van der Waals surface area contributed by atoms with Gasteiger partial charge in [-0.05, 0) is 35.2 Å². The second-order valence-electron chi connectivity index (χ2n) is 8.20. The summed E-state index contributed by atoms with van der Waals surface area (Å²) in [6.07, 6.45) is 2.19. The molecule has 5 atom stereocenters. The van der Waals surface area contributed by atoms with Crippen LogP contribution in [-0.4, -0.2) is 53.9 Å². The van der Waals surface area contributed by atoms with Crippen molar-refractivity contribution in [2.45, 2.75) is 41.5 Å². The first-order valence-electron chi connectivity index (χ1n) is 10.7. The lowest BCUT2D eigenvalue weighted by molar-refractivity contribution is 0.137. The van der Waals surface area contributed by atoms with Crippen LogP contribution in [0.4, 0.5) is 5.95 Å². The second-order valence-corrected chi connectivity index (χ2v) is 9.62. The quantitative estimate of drug-likeness (QED) is 0.381. The van der Waals surface area contributed by atoms with Gasteiger partial charge in [0.25, 0.3) is 0 Å². The second kappa shape index (κ2) is 9.92. The Morgan fingerprint density at radius 2 is 1.85 bits per heavy atom. The van der Waals surface area contributed by atoms with Crippen LogP contribution in [0.25, 0.3) is 11.1 Å². The van der Waals surface area contributed by atoms with Crippen LogP contribution in [-0.2, 0) is 0 Å². The number of aromatic nitrogens is 3. The van der Waals surface area contributed by atoms with Crippen LogP contribution in [0.5, 0.6) is 5.75 Å². The molecule has 1 aliphatic carbocycles. The van der Waals surface area contributed by atoms with Gasteiger partial charge in [0.15, 0.2) is 0 Å². The molecule has 0 radical (unpaired) electrons. The van der Waals surface area contributed by atoms with Crippen molar-refractivity contribution < 1.29 is 15.3 Å². The summed E-state index contributed by atoms with van der Waals surface area (Å²) in [4.78, 5) is 18.7. The Kier molecular flexibility index (Phi) is 6.99. The van der Waals surface area contributed by atoms with E-state index >= 15 is 0 Å². The zero-order valence-electron chi connectivity index (χ0n) is 17.9. The molecule has 9 nitrogen and oxygen atoms in total. The van der Waals surface area contributed by atoms with Crippen molar-refractivity contribution >= 4 is 17.7 Å². The molecular formula is C23H27N5O4S. The predicted molar refractivity (Wildman–Crippen MR) is 128 cm³/mol. The van der Waals surface area contributed by atoms with E-state index in [0.29, 0.717) is 24.1 Å². The van der Waals surface area contributed by atoms with Gasteiger partial charge in [0.05, 0.1) is 23.3 Å². The summed E-state index contributed by atoms with van der Waals surface area (Å²) in [5.41, 5.74) is 14.1. The molecule has 7 N–H and O–H groups in total. The minimum absolute atomic E-state index is 0.0662. The lowest BCUT2D eigenvalue weighted by atomic mass is 10.0. The van der Waals surface area contributed by atoms with E-state index in [1.165, 1.54) is 28.2 Å². The molecule has 2 fully saturated rings. The molecule has 0 bridgehead atoms. The molecule has 1 saturated heterocycles. The number of rotatable bonds is 4. The van der Waals surface area contributed by atoms with Gasteiger partial charge in [-0.1, -0.05) is 36.4 Å². The molecule has 1 saturated carbocycles. The van der Waals surface area contributed by atoms with Gasteiger partial charge < -0.3 is 26.8 Å². The minimum Gasteiger partial charge on any atom is -0.508 e. The monoisotopic (exact) mass is 469 g/mol. The molecule has 0 amide bonds. The zero-order chi connectivity index (χ0) is 23.5. The maximum absolute atomic E-state index is 11.5. The highest BCUT2D eigenvalue weighted by atomic mass is 32.2. The third kappa shape index (κ3) is 5.53. The van der Waals surface area contributed by atoms with Gasteiger partial charge in [-0.15, -0.1) is 11.8 Å². The number of hydrogen-bond acceptors (Lipinski definition) is 9. The Hall–Kier alpha value is -2.92. The summed E-state index contributed by atoms with van der Waals surface area (Å²) in [5, 5.41) is 27.5. The zero-order valence-corrected chi connectivity index (χ0v) is 18.7. The van der Waals surface area contributed by atoms with Crippen LogP contribution in [0.15, 0.2) is 59.7 Å². The summed E-state index contributed by atoms with van der Waals surface area (Å²) in [5.74, 6) is 0.785. The van der Waals surface area contributed by atoms with Crippen LogP contribution >= 0.6 is 11.8 Å². The van der Waals surface area contributed by atoms with Gasteiger partial charge in [0.2, 0.25) is 5.95 Å². The summed E-state index contributed by atoms with van der Waals surface area (Å²) in [7, 11) is 0. The minimum atomic E-state index is -0.621. The standard InChI is InChI=1S/C15H15NO.C8H12N4O3S/c16-15-9-14(15)11-6-4-10(5-7-11)12-2-1-3-13(17)8-12;9-7-10-3-12(8(15)11-7)6-1-4(14)5(2-13)16-6/h1-8,14-15,17H,9,16H2;3-6,13-14H,1-2H2,(H2,9,11,15). The first kappa shape index (κ1) is 23.2. The Bertz CT molecular complexity index is 1160. The molecule has 2 aliphatic rings.